The Morgan fingerprint density at radius 1 is 0.726 bits per heavy atom. The van der Waals surface area contributed by atoms with Gasteiger partial charge in [0.25, 0.3) is 0 Å². The lowest BCUT2D eigenvalue weighted by Crippen LogP contribution is -2.65. The number of carbonyl (C=O) groups is 1. The molecule has 9 fully saturated rings. The van der Waals surface area contributed by atoms with Crippen LogP contribution in [0.15, 0.2) is 0 Å². The van der Waals surface area contributed by atoms with Crippen LogP contribution in [0.5, 0.6) is 0 Å². The first-order chi connectivity index (χ1) is 29.4. The Morgan fingerprint density at radius 2 is 1.45 bits per heavy atom. The molecule has 5 saturated heterocycles. The SMILES string of the molecule is C[C@@H]1CC[C@@]2(OC1)O[C@H]1C[C@H]3[C@@H]4CC[C@@H]5C[C@@H](O[C@@H]6O[C@H](CO[C@@H]7OC[C@H](O)[C@H](O)[C@H]7O)[C@@H](O)[C@H](O)[C@H]6O[C@@H]6O[C@H](CO)[C@@H](O)[C@H](O)[C@H]6O)CC[C@]5(C)[C@H]4CC(=O)[C@]3(C)[C@H]1[C@@H]2C. The Kier molecular flexibility index (Phi) is 12.8. The van der Waals surface area contributed by atoms with Crippen molar-refractivity contribution in [1.29, 1.82) is 0 Å². The molecular weight excluding hydrogens is 816 g/mol. The summed E-state index contributed by atoms with van der Waals surface area (Å²) in [4.78, 5) is 14.7. The van der Waals surface area contributed by atoms with Crippen LogP contribution >= 0.6 is 0 Å². The minimum absolute atomic E-state index is 0.00209. The lowest BCUT2D eigenvalue weighted by molar-refractivity contribution is -0.376. The molecule has 354 valence electrons. The van der Waals surface area contributed by atoms with Gasteiger partial charge in [0.2, 0.25) is 0 Å². The van der Waals surface area contributed by atoms with Gasteiger partial charge in [-0.15, -0.1) is 0 Å². The first-order valence-corrected chi connectivity index (χ1v) is 23.2. The molecule has 0 aromatic carbocycles. The number of Topliss-reactive ketones (excluding diaryl/α,β-unsaturated/α-hetero) is 1. The van der Waals surface area contributed by atoms with Gasteiger partial charge in [0.1, 0.15) is 72.9 Å². The third-order valence-corrected chi connectivity index (χ3v) is 17.7. The van der Waals surface area contributed by atoms with E-state index in [1.54, 1.807) is 0 Å². The Morgan fingerprint density at radius 3 is 2.18 bits per heavy atom. The van der Waals surface area contributed by atoms with Crippen LogP contribution in [0.4, 0.5) is 0 Å². The Labute approximate surface area is 362 Å². The third-order valence-electron chi connectivity index (χ3n) is 17.7. The monoisotopic (exact) mass is 886 g/mol. The molecular formula is C44H70O18. The summed E-state index contributed by atoms with van der Waals surface area (Å²) in [5.74, 6) is 1.51. The Hall–Kier alpha value is -1.01. The smallest absolute Gasteiger partial charge is 0.187 e. The van der Waals surface area contributed by atoms with Crippen LogP contribution in [-0.2, 0) is 42.7 Å². The van der Waals surface area contributed by atoms with E-state index in [1.807, 2.05) is 0 Å². The maximum atomic E-state index is 14.7. The van der Waals surface area contributed by atoms with Crippen LogP contribution in [0.1, 0.15) is 85.5 Å². The summed E-state index contributed by atoms with van der Waals surface area (Å²) in [6, 6.07) is 0. The first kappa shape index (κ1) is 46.1. The fraction of sp³-hybridized carbons (Fsp3) is 0.977. The van der Waals surface area contributed by atoms with Crippen LogP contribution in [-0.4, -0.2) is 182 Å². The predicted molar refractivity (Wildman–Crippen MR) is 210 cm³/mol. The van der Waals surface area contributed by atoms with Crippen molar-refractivity contribution in [2.24, 2.45) is 52.3 Å². The molecule has 1 spiro atoms. The average Bonchev–Trinajstić information content (AvgIpc) is 3.70. The lowest BCUT2D eigenvalue weighted by Gasteiger charge is -2.60. The molecule has 0 radical (unpaired) electrons. The number of hydrogen-bond donors (Lipinski definition) is 9. The molecule has 62 heavy (non-hydrogen) atoms. The number of fused-ring (bicyclic) bond motifs is 7. The van der Waals surface area contributed by atoms with Gasteiger partial charge in [0.15, 0.2) is 24.7 Å². The van der Waals surface area contributed by atoms with Gasteiger partial charge in [-0.05, 0) is 80.0 Å². The van der Waals surface area contributed by atoms with E-state index >= 15 is 0 Å². The molecule has 0 amide bonds. The van der Waals surface area contributed by atoms with Gasteiger partial charge >= 0.3 is 0 Å². The molecule has 9 rings (SSSR count). The molecule has 4 aliphatic carbocycles. The van der Waals surface area contributed by atoms with Gasteiger partial charge in [0, 0.05) is 30.1 Å². The average molecular weight is 887 g/mol. The summed E-state index contributed by atoms with van der Waals surface area (Å²) in [6.45, 7) is 8.20. The molecule has 18 heteroatoms. The quantitative estimate of drug-likeness (QED) is 0.133. The summed E-state index contributed by atoms with van der Waals surface area (Å²) in [5.41, 5.74) is -0.606. The lowest BCUT2D eigenvalue weighted by atomic mass is 9.44. The van der Waals surface area contributed by atoms with Gasteiger partial charge in [-0.2, -0.15) is 0 Å². The number of ether oxygens (including phenoxy) is 8. The fourth-order valence-electron chi connectivity index (χ4n) is 14.0. The van der Waals surface area contributed by atoms with Gasteiger partial charge in [-0.3, -0.25) is 4.79 Å². The largest absolute Gasteiger partial charge is 0.394 e. The van der Waals surface area contributed by atoms with E-state index in [2.05, 4.69) is 27.7 Å². The molecule has 4 saturated carbocycles. The van der Waals surface area contributed by atoms with Crippen molar-refractivity contribution in [3.63, 3.8) is 0 Å². The summed E-state index contributed by atoms with van der Waals surface area (Å²) < 4.78 is 48.9. The fourth-order valence-corrected chi connectivity index (χ4v) is 14.0. The van der Waals surface area contributed by atoms with E-state index in [0.29, 0.717) is 43.5 Å². The molecule has 5 heterocycles. The maximum Gasteiger partial charge on any atom is 0.187 e. The van der Waals surface area contributed by atoms with E-state index < -0.39 is 117 Å². The van der Waals surface area contributed by atoms with E-state index in [-0.39, 0.29) is 47.7 Å². The molecule has 5 aliphatic heterocycles. The van der Waals surface area contributed by atoms with Gasteiger partial charge < -0.3 is 83.9 Å². The van der Waals surface area contributed by atoms with Crippen molar-refractivity contribution in [2.45, 2.75) is 189 Å². The van der Waals surface area contributed by atoms with E-state index in [1.165, 1.54) is 0 Å². The zero-order valence-electron chi connectivity index (χ0n) is 36.2. The molecule has 26 atom stereocenters. The maximum absolute atomic E-state index is 14.7. The highest BCUT2D eigenvalue weighted by atomic mass is 16.8. The standard InChI is InChI=1S/C44H70O18/c1-18-7-10-44(57-15-18)19(2)30-26(62-44)12-24-22-6-5-20-11-21(8-9-42(20,3)23(22)13-29(47)43(24,30)4)58-41-38(61-40-37(54)34(51)32(49)27(14-45)59-40)35(52)33(50)28(60-41)17-56-39-36(53)31(48)25(46)16-55-39/h18-28,30-41,45-46,48-54H,5-17H2,1-4H3/t18-,19+,20-,21+,22-,23+,24+,25+,26+,27-,28-,30+,31+,32-,33-,34+,35+,36-,37-,38-,39+,40+,41-,42+,43-,44-/m1/s1. The zero-order valence-corrected chi connectivity index (χ0v) is 36.2. The topological polar surface area (TPSA) is 273 Å². The highest BCUT2D eigenvalue weighted by Gasteiger charge is 2.72. The number of aliphatic hydroxyl groups excluding tert-OH is 9. The molecule has 9 aliphatic rings. The van der Waals surface area contributed by atoms with Gasteiger partial charge in [0.05, 0.1) is 38.6 Å². The molecule has 0 bridgehead atoms. The van der Waals surface area contributed by atoms with Crippen molar-refractivity contribution in [3.05, 3.63) is 0 Å². The van der Waals surface area contributed by atoms with Crippen molar-refractivity contribution >= 4 is 5.78 Å². The number of hydrogen-bond acceptors (Lipinski definition) is 18. The third kappa shape index (κ3) is 7.47. The second-order valence-electron chi connectivity index (χ2n) is 21.0. The van der Waals surface area contributed by atoms with Crippen molar-refractivity contribution < 1.29 is 88.6 Å². The van der Waals surface area contributed by atoms with Crippen molar-refractivity contribution in [3.8, 4) is 0 Å². The zero-order chi connectivity index (χ0) is 44.2. The molecule has 0 aromatic heterocycles. The molecule has 18 nitrogen and oxygen atoms in total. The second kappa shape index (κ2) is 17.3. The van der Waals surface area contributed by atoms with Crippen LogP contribution in [0, 0.1) is 52.3 Å². The van der Waals surface area contributed by atoms with E-state index in [0.717, 1.165) is 38.5 Å². The number of rotatable bonds is 8. The second-order valence-corrected chi connectivity index (χ2v) is 21.0. The van der Waals surface area contributed by atoms with Crippen LogP contribution < -0.4 is 0 Å². The minimum atomic E-state index is -1.81. The Balaban J connectivity index is 0.899. The van der Waals surface area contributed by atoms with Crippen LogP contribution in [0.25, 0.3) is 0 Å². The Bertz CT molecular complexity index is 1600. The van der Waals surface area contributed by atoms with E-state index in [4.69, 9.17) is 37.9 Å². The molecule has 9 N–H and O–H groups in total. The molecule has 0 aromatic rings. The highest BCUT2D eigenvalue weighted by molar-refractivity contribution is 5.87. The number of carbonyl (C=O) groups excluding carboxylic acids is 1. The summed E-state index contributed by atoms with van der Waals surface area (Å²) in [7, 11) is 0. The number of aliphatic hydroxyl groups is 9. The van der Waals surface area contributed by atoms with Gasteiger partial charge in [-0.1, -0.05) is 27.7 Å². The first-order valence-electron chi connectivity index (χ1n) is 23.2. The van der Waals surface area contributed by atoms with Crippen LogP contribution in [0.2, 0.25) is 0 Å². The van der Waals surface area contributed by atoms with Crippen molar-refractivity contribution in [2.75, 3.05) is 26.4 Å². The van der Waals surface area contributed by atoms with Crippen LogP contribution in [0.3, 0.4) is 0 Å². The van der Waals surface area contributed by atoms with E-state index in [9.17, 15) is 50.8 Å². The minimum Gasteiger partial charge on any atom is -0.394 e. The predicted octanol–water partition coefficient (Wildman–Crippen LogP) is -0.915. The van der Waals surface area contributed by atoms with Crippen molar-refractivity contribution in [1.82, 2.24) is 0 Å². The summed E-state index contributed by atoms with van der Waals surface area (Å²) in [6.07, 6.45) is -14.9. The normalized spacial score (nSPS) is 57.8. The highest BCUT2D eigenvalue weighted by Crippen LogP contribution is 2.70. The number of ketones is 1. The summed E-state index contributed by atoms with van der Waals surface area (Å²) in [5, 5.41) is 94.8. The van der Waals surface area contributed by atoms with Gasteiger partial charge in [-0.25, -0.2) is 0 Å². The summed E-state index contributed by atoms with van der Waals surface area (Å²) >= 11 is 0. The molecule has 0 unspecified atom stereocenters.